The van der Waals surface area contributed by atoms with E-state index in [4.69, 9.17) is 10.3 Å². The largest absolute Gasteiger partial charge is 0.364 e. The Labute approximate surface area is 113 Å². The second-order valence-corrected chi connectivity index (χ2v) is 5.74. The molecule has 1 aliphatic carbocycles. The highest BCUT2D eigenvalue weighted by Gasteiger charge is 2.26. The van der Waals surface area contributed by atoms with Crippen molar-refractivity contribution in [1.82, 2.24) is 5.16 Å². The van der Waals surface area contributed by atoms with E-state index in [1.807, 2.05) is 6.08 Å². The van der Waals surface area contributed by atoms with E-state index in [1.54, 1.807) is 6.07 Å². The summed E-state index contributed by atoms with van der Waals surface area (Å²) in [5.74, 6) is -0.0211. The molecule has 0 atom stereocenters. The first-order valence-electron chi connectivity index (χ1n) is 6.55. The van der Waals surface area contributed by atoms with Gasteiger partial charge in [-0.1, -0.05) is 30.7 Å². The first-order valence-corrected chi connectivity index (χ1v) is 6.55. The van der Waals surface area contributed by atoms with Gasteiger partial charge in [-0.3, -0.25) is 4.79 Å². The summed E-state index contributed by atoms with van der Waals surface area (Å²) in [6.45, 7) is 6.69. The average molecular weight is 260 g/mol. The SMILES string of the molecule is CC1=C(/C=C/c2cc(C(N)=O)no2)C(C)(C)CCC1. The van der Waals surface area contributed by atoms with Crippen LogP contribution in [0.3, 0.4) is 0 Å². The maximum atomic E-state index is 10.9. The monoisotopic (exact) mass is 260 g/mol. The predicted molar refractivity (Wildman–Crippen MR) is 74.4 cm³/mol. The number of carbonyl (C=O) groups excluding carboxylic acids is 1. The number of allylic oxidation sites excluding steroid dienone is 3. The van der Waals surface area contributed by atoms with E-state index < -0.39 is 5.91 Å². The van der Waals surface area contributed by atoms with Crippen molar-refractivity contribution in [2.45, 2.75) is 40.0 Å². The zero-order chi connectivity index (χ0) is 14.0. The minimum absolute atomic E-state index is 0.160. The lowest BCUT2D eigenvalue weighted by Crippen LogP contribution is -2.18. The molecule has 1 amide bonds. The van der Waals surface area contributed by atoms with Gasteiger partial charge >= 0.3 is 0 Å². The molecule has 0 bridgehead atoms. The van der Waals surface area contributed by atoms with E-state index >= 15 is 0 Å². The maximum Gasteiger partial charge on any atom is 0.270 e. The number of nitrogens with zero attached hydrogens (tertiary/aromatic N) is 1. The number of rotatable bonds is 3. The molecule has 0 saturated carbocycles. The van der Waals surface area contributed by atoms with E-state index in [0.717, 1.165) is 6.42 Å². The lowest BCUT2D eigenvalue weighted by molar-refractivity contribution is 0.0991. The molecule has 102 valence electrons. The molecule has 0 fully saturated rings. The summed E-state index contributed by atoms with van der Waals surface area (Å²) >= 11 is 0. The van der Waals surface area contributed by atoms with Crippen molar-refractivity contribution in [3.05, 3.63) is 34.7 Å². The van der Waals surface area contributed by atoms with Crippen LogP contribution in [0.15, 0.2) is 27.8 Å². The number of primary amides is 1. The van der Waals surface area contributed by atoms with Crippen LogP contribution in [0.1, 0.15) is 56.3 Å². The third-order valence-electron chi connectivity index (χ3n) is 3.74. The van der Waals surface area contributed by atoms with Gasteiger partial charge in [-0.25, -0.2) is 0 Å². The molecular weight excluding hydrogens is 240 g/mol. The minimum Gasteiger partial charge on any atom is -0.364 e. The lowest BCUT2D eigenvalue weighted by atomic mass is 9.72. The highest BCUT2D eigenvalue weighted by molar-refractivity contribution is 5.90. The van der Waals surface area contributed by atoms with Crippen LogP contribution in [0.25, 0.3) is 6.08 Å². The summed E-state index contributed by atoms with van der Waals surface area (Å²) in [6, 6.07) is 1.56. The molecule has 0 saturated heterocycles. The predicted octanol–water partition coefficient (Wildman–Crippen LogP) is 3.31. The zero-order valence-corrected chi connectivity index (χ0v) is 11.7. The smallest absolute Gasteiger partial charge is 0.270 e. The second-order valence-electron chi connectivity index (χ2n) is 5.74. The van der Waals surface area contributed by atoms with Crippen molar-refractivity contribution >= 4 is 12.0 Å². The fraction of sp³-hybridized carbons (Fsp3) is 0.467. The maximum absolute atomic E-state index is 10.9. The summed E-state index contributed by atoms with van der Waals surface area (Å²) in [7, 11) is 0. The molecule has 0 radical (unpaired) electrons. The molecule has 0 aromatic carbocycles. The molecule has 1 aromatic heterocycles. The number of carbonyl (C=O) groups is 1. The Morgan fingerprint density at radius 3 is 2.79 bits per heavy atom. The van der Waals surface area contributed by atoms with E-state index in [1.165, 1.54) is 24.0 Å². The van der Waals surface area contributed by atoms with E-state index in [0.29, 0.717) is 5.76 Å². The molecule has 19 heavy (non-hydrogen) atoms. The molecule has 2 rings (SSSR count). The standard InChI is InChI=1S/C15H20N2O2/c1-10-5-4-8-15(2,3)12(10)7-6-11-9-13(14(16)18)17-19-11/h6-7,9H,4-5,8H2,1-3H3,(H2,16,18)/b7-6+. The van der Waals surface area contributed by atoms with Crippen molar-refractivity contribution in [2.24, 2.45) is 11.1 Å². The van der Waals surface area contributed by atoms with Crippen LogP contribution in [0.5, 0.6) is 0 Å². The zero-order valence-electron chi connectivity index (χ0n) is 11.7. The molecule has 0 unspecified atom stereocenters. The number of aromatic nitrogens is 1. The molecule has 0 aliphatic heterocycles. The van der Waals surface area contributed by atoms with Gasteiger partial charge in [0.25, 0.3) is 5.91 Å². The molecule has 1 heterocycles. The van der Waals surface area contributed by atoms with E-state index in [-0.39, 0.29) is 11.1 Å². The third kappa shape index (κ3) is 2.95. The Morgan fingerprint density at radius 1 is 1.47 bits per heavy atom. The highest BCUT2D eigenvalue weighted by atomic mass is 16.5. The van der Waals surface area contributed by atoms with E-state index in [9.17, 15) is 4.79 Å². The fourth-order valence-corrected chi connectivity index (χ4v) is 2.66. The number of hydrogen-bond donors (Lipinski definition) is 1. The quantitative estimate of drug-likeness (QED) is 0.906. The van der Waals surface area contributed by atoms with Gasteiger partial charge < -0.3 is 10.3 Å². The summed E-state index contributed by atoms with van der Waals surface area (Å²) < 4.78 is 5.06. The molecule has 1 aromatic rings. The highest BCUT2D eigenvalue weighted by Crippen LogP contribution is 2.40. The van der Waals surface area contributed by atoms with Gasteiger partial charge in [0, 0.05) is 6.07 Å². The molecular formula is C15H20N2O2. The molecule has 2 N–H and O–H groups in total. The van der Waals surface area contributed by atoms with Crippen molar-refractivity contribution in [1.29, 1.82) is 0 Å². The Kier molecular flexibility index (Phi) is 3.60. The van der Waals surface area contributed by atoms with Crippen molar-refractivity contribution in [2.75, 3.05) is 0 Å². The van der Waals surface area contributed by atoms with Crippen molar-refractivity contribution < 1.29 is 9.32 Å². The average Bonchev–Trinajstić information content (AvgIpc) is 2.76. The first kappa shape index (κ1) is 13.6. The van der Waals surface area contributed by atoms with Crippen LogP contribution in [-0.4, -0.2) is 11.1 Å². The van der Waals surface area contributed by atoms with Gasteiger partial charge in [0.05, 0.1) is 0 Å². The van der Waals surface area contributed by atoms with Crippen LogP contribution in [-0.2, 0) is 0 Å². The lowest BCUT2D eigenvalue weighted by Gasteiger charge is -2.32. The van der Waals surface area contributed by atoms with Crippen LogP contribution in [0.2, 0.25) is 0 Å². The van der Waals surface area contributed by atoms with Gasteiger partial charge in [-0.15, -0.1) is 0 Å². The number of amides is 1. The van der Waals surface area contributed by atoms with Gasteiger partial charge in [0.15, 0.2) is 11.5 Å². The Hall–Kier alpha value is -1.84. The van der Waals surface area contributed by atoms with Gasteiger partial charge in [-0.05, 0) is 43.3 Å². The summed E-state index contributed by atoms with van der Waals surface area (Å²) in [5.41, 5.74) is 8.24. The van der Waals surface area contributed by atoms with Crippen LogP contribution >= 0.6 is 0 Å². The topological polar surface area (TPSA) is 69.1 Å². The van der Waals surface area contributed by atoms with Gasteiger partial charge in [0.1, 0.15) is 0 Å². The summed E-state index contributed by atoms with van der Waals surface area (Å²) in [5, 5.41) is 3.62. The number of nitrogens with two attached hydrogens (primary N) is 1. The van der Waals surface area contributed by atoms with Crippen LogP contribution in [0, 0.1) is 5.41 Å². The minimum atomic E-state index is -0.572. The van der Waals surface area contributed by atoms with E-state index in [2.05, 4.69) is 32.0 Å². The van der Waals surface area contributed by atoms with Crippen LogP contribution in [0.4, 0.5) is 0 Å². The Morgan fingerprint density at radius 2 is 2.21 bits per heavy atom. The van der Waals surface area contributed by atoms with Crippen molar-refractivity contribution in [3.8, 4) is 0 Å². The third-order valence-corrected chi connectivity index (χ3v) is 3.74. The molecule has 4 nitrogen and oxygen atoms in total. The normalized spacial score (nSPS) is 19.1. The summed E-state index contributed by atoms with van der Waals surface area (Å²) in [4.78, 5) is 10.9. The Bertz CT molecular complexity index is 550. The number of hydrogen-bond acceptors (Lipinski definition) is 3. The van der Waals surface area contributed by atoms with Gasteiger partial charge in [0.2, 0.25) is 0 Å². The second kappa shape index (κ2) is 5.03. The molecule has 1 aliphatic rings. The molecule has 0 spiro atoms. The fourth-order valence-electron chi connectivity index (χ4n) is 2.66. The van der Waals surface area contributed by atoms with Crippen molar-refractivity contribution in [3.63, 3.8) is 0 Å². The summed E-state index contributed by atoms with van der Waals surface area (Å²) in [6.07, 6.45) is 7.49. The van der Waals surface area contributed by atoms with Gasteiger partial charge in [-0.2, -0.15) is 0 Å². The van der Waals surface area contributed by atoms with Crippen LogP contribution < -0.4 is 5.73 Å². The first-order chi connectivity index (χ1) is 8.90. The molecule has 4 heteroatoms. The Balaban J connectivity index is 2.23.